The number of allylic oxidation sites excluding steroid dienone is 15. The van der Waals surface area contributed by atoms with Crippen molar-refractivity contribution >= 4 is 5.91 Å². The Kier molecular flexibility index (Phi) is 35.2. The molecule has 76 heavy (non-hydrogen) atoms. The topological polar surface area (TPSA) is 307 Å². The highest BCUT2D eigenvalue weighted by atomic mass is 16.8. The summed E-state index contributed by atoms with van der Waals surface area (Å²) >= 11 is 0. The van der Waals surface area contributed by atoms with Crippen LogP contribution in [0.25, 0.3) is 0 Å². The largest absolute Gasteiger partial charge is 0.394 e. The van der Waals surface area contributed by atoms with E-state index >= 15 is 0 Å². The van der Waals surface area contributed by atoms with E-state index in [4.69, 9.17) is 28.4 Å². The van der Waals surface area contributed by atoms with Crippen LogP contribution in [0.1, 0.15) is 123 Å². The molecule has 3 heterocycles. The predicted molar refractivity (Wildman–Crippen MR) is 286 cm³/mol. The molecule has 3 fully saturated rings. The van der Waals surface area contributed by atoms with Crippen LogP contribution in [-0.4, -0.2) is 193 Å². The van der Waals surface area contributed by atoms with Gasteiger partial charge >= 0.3 is 0 Å². The molecule has 0 radical (unpaired) electrons. The molecule has 19 nitrogen and oxygen atoms in total. The molecule has 17 atom stereocenters. The highest BCUT2D eigenvalue weighted by Crippen LogP contribution is 2.33. The first kappa shape index (κ1) is 67.0. The van der Waals surface area contributed by atoms with Crippen molar-refractivity contribution in [1.29, 1.82) is 0 Å². The Morgan fingerprint density at radius 2 is 0.921 bits per heavy atom. The van der Waals surface area contributed by atoms with Crippen LogP contribution >= 0.6 is 0 Å². The van der Waals surface area contributed by atoms with Crippen LogP contribution in [0.15, 0.2) is 97.2 Å². The number of nitrogens with one attached hydrogen (secondary N) is 1. The van der Waals surface area contributed by atoms with Gasteiger partial charge in [-0.25, -0.2) is 0 Å². The molecule has 0 aliphatic carbocycles. The molecule has 1 amide bonds. The van der Waals surface area contributed by atoms with Gasteiger partial charge in [0.25, 0.3) is 0 Å². The van der Waals surface area contributed by atoms with E-state index in [1.807, 2.05) is 0 Å². The second kappa shape index (κ2) is 40.0. The van der Waals surface area contributed by atoms with Crippen LogP contribution in [0.3, 0.4) is 0 Å². The van der Waals surface area contributed by atoms with Crippen LogP contribution in [0.4, 0.5) is 0 Å². The summed E-state index contributed by atoms with van der Waals surface area (Å²) in [6.07, 6.45) is 21.3. The summed E-state index contributed by atoms with van der Waals surface area (Å²) in [6, 6.07) is -1.02. The summed E-state index contributed by atoms with van der Waals surface area (Å²) < 4.78 is 34.1. The first-order chi connectivity index (χ1) is 36.8. The van der Waals surface area contributed by atoms with Crippen LogP contribution in [0, 0.1) is 0 Å². The fourth-order valence-corrected chi connectivity index (χ4v) is 8.56. The molecule has 12 N–H and O–H groups in total. The van der Waals surface area contributed by atoms with E-state index in [9.17, 15) is 61.0 Å². The van der Waals surface area contributed by atoms with E-state index in [0.717, 1.165) is 70.6 Å². The second-order valence-corrected chi connectivity index (χ2v) is 19.3. The number of unbranched alkanes of at least 4 members (excludes halogenated alkanes) is 7. The monoisotopic (exact) mass is 1080 g/mol. The molecule has 17 unspecified atom stereocenters. The Bertz CT molecular complexity index is 1770. The Morgan fingerprint density at radius 1 is 0.487 bits per heavy atom. The van der Waals surface area contributed by atoms with E-state index in [1.165, 1.54) is 19.3 Å². The van der Waals surface area contributed by atoms with E-state index in [-0.39, 0.29) is 12.3 Å². The fraction of sp³-hybridized carbons (Fsp3) is 0.702. The molecule has 434 valence electrons. The lowest BCUT2D eigenvalue weighted by atomic mass is 9.96. The molecule has 0 aromatic carbocycles. The lowest BCUT2D eigenvalue weighted by molar-refractivity contribution is -0.379. The Morgan fingerprint density at radius 3 is 1.45 bits per heavy atom. The molecule has 3 saturated heterocycles. The van der Waals surface area contributed by atoms with Gasteiger partial charge in [0, 0.05) is 6.42 Å². The highest BCUT2D eigenvalue weighted by molar-refractivity contribution is 5.76. The maximum Gasteiger partial charge on any atom is 0.220 e. The van der Waals surface area contributed by atoms with Gasteiger partial charge in [0.1, 0.15) is 73.2 Å². The molecule has 0 bridgehead atoms. The molecule has 0 aromatic rings. The zero-order valence-corrected chi connectivity index (χ0v) is 44.7. The Balaban J connectivity index is 1.53. The second-order valence-electron chi connectivity index (χ2n) is 19.3. The third-order valence-corrected chi connectivity index (χ3v) is 13.1. The molecular formula is C57H93NO18. The molecular weight excluding hydrogens is 987 g/mol. The molecule has 19 heteroatoms. The van der Waals surface area contributed by atoms with E-state index in [0.29, 0.717) is 12.8 Å². The van der Waals surface area contributed by atoms with Crippen molar-refractivity contribution in [2.45, 2.75) is 227 Å². The van der Waals surface area contributed by atoms with E-state index < -0.39 is 131 Å². The molecule has 0 saturated carbocycles. The summed E-state index contributed by atoms with van der Waals surface area (Å²) in [4.78, 5) is 13.2. The normalized spacial score (nSPS) is 31.7. The van der Waals surface area contributed by atoms with Crippen LogP contribution in [0.2, 0.25) is 0 Å². The number of hydrogen-bond acceptors (Lipinski definition) is 18. The van der Waals surface area contributed by atoms with Gasteiger partial charge in [0.05, 0.1) is 38.6 Å². The standard InChI is InChI=1S/C57H93NO18/c1-3-5-7-9-11-13-15-16-17-18-19-20-21-22-23-24-25-27-29-31-33-35-45(63)58-40(41(62)34-32-30-28-26-14-12-10-8-6-4-2)39-71-55-51(69)48(66)53(43(37-60)73-55)76-57-52(70)49(67)54(44(38-61)74-57)75-56-50(68)47(65)46(64)42(36-59)72-56/h5,7,11,13-14,16-17,19-20,22-23,25-27,32,34,40-44,46-57,59-62,64-70H,3-4,6,8-10,12,15,18,21,24,28-31,33,35-39H2,1-2H3,(H,58,63)/b7-5-,13-11-,17-16-,20-19-,23-22-,26-14+,27-25-,34-32+. The maximum absolute atomic E-state index is 13.2. The smallest absolute Gasteiger partial charge is 0.220 e. The van der Waals surface area contributed by atoms with Crippen molar-refractivity contribution in [3.8, 4) is 0 Å². The number of aliphatic hydroxyl groups is 11. The third kappa shape index (κ3) is 24.4. The fourth-order valence-electron chi connectivity index (χ4n) is 8.56. The number of aliphatic hydroxyl groups excluding tert-OH is 11. The molecule has 0 aromatic heterocycles. The zero-order valence-electron chi connectivity index (χ0n) is 44.7. The summed E-state index contributed by atoms with van der Waals surface area (Å²) in [7, 11) is 0. The van der Waals surface area contributed by atoms with Crippen LogP contribution in [-0.2, 0) is 33.2 Å². The number of rotatable bonds is 37. The van der Waals surface area contributed by atoms with Gasteiger partial charge in [-0.15, -0.1) is 0 Å². The Hall–Kier alpha value is -3.29. The third-order valence-electron chi connectivity index (χ3n) is 13.1. The van der Waals surface area contributed by atoms with Gasteiger partial charge in [-0.3, -0.25) is 4.79 Å². The van der Waals surface area contributed by atoms with Crippen molar-refractivity contribution in [2.24, 2.45) is 0 Å². The number of amides is 1. The SMILES string of the molecule is CC/C=C\C/C=C\C/C=C\C/C=C\C/C=C\C/C=C\CCCCC(=O)NC(COC1OC(CO)C(OC2OC(CO)C(OC3OC(CO)C(O)C(O)C3O)C(O)C2O)C(O)C1O)C(O)/C=C/CC/C=C/CCCCCC. The van der Waals surface area contributed by atoms with Gasteiger partial charge in [-0.1, -0.05) is 130 Å². The molecule has 3 aliphatic rings. The van der Waals surface area contributed by atoms with Gasteiger partial charge in [-0.05, 0) is 83.5 Å². The maximum atomic E-state index is 13.2. The van der Waals surface area contributed by atoms with Crippen molar-refractivity contribution in [1.82, 2.24) is 5.32 Å². The quantitative estimate of drug-likeness (QED) is 0.0313. The molecule has 3 rings (SSSR count). The first-order valence-corrected chi connectivity index (χ1v) is 27.5. The lowest BCUT2D eigenvalue weighted by Crippen LogP contribution is -2.66. The van der Waals surface area contributed by atoms with Crippen molar-refractivity contribution in [2.75, 3.05) is 26.4 Å². The van der Waals surface area contributed by atoms with E-state index in [1.54, 1.807) is 12.2 Å². The Labute approximate surface area is 450 Å². The molecule has 3 aliphatic heterocycles. The van der Waals surface area contributed by atoms with Crippen LogP contribution < -0.4 is 5.32 Å². The average Bonchev–Trinajstić information content (AvgIpc) is 3.42. The predicted octanol–water partition coefficient (Wildman–Crippen LogP) is 3.42. The zero-order chi connectivity index (χ0) is 55.5. The highest BCUT2D eigenvalue weighted by Gasteiger charge is 2.53. The van der Waals surface area contributed by atoms with Crippen LogP contribution in [0.5, 0.6) is 0 Å². The number of ether oxygens (including phenoxy) is 6. The van der Waals surface area contributed by atoms with Crippen molar-refractivity contribution in [3.63, 3.8) is 0 Å². The van der Waals surface area contributed by atoms with Gasteiger partial charge < -0.3 is 89.9 Å². The molecule has 0 spiro atoms. The summed E-state index contributed by atoms with van der Waals surface area (Å²) in [5.41, 5.74) is 0. The minimum absolute atomic E-state index is 0.174. The van der Waals surface area contributed by atoms with Gasteiger partial charge in [-0.2, -0.15) is 0 Å². The van der Waals surface area contributed by atoms with Gasteiger partial charge in [0.15, 0.2) is 18.9 Å². The number of carbonyl (C=O) groups is 1. The minimum Gasteiger partial charge on any atom is -0.394 e. The average molecular weight is 1080 g/mol. The number of carbonyl (C=O) groups excluding carboxylic acids is 1. The van der Waals surface area contributed by atoms with E-state index in [2.05, 4.69) is 104 Å². The van der Waals surface area contributed by atoms with Crippen molar-refractivity contribution in [3.05, 3.63) is 97.2 Å². The first-order valence-electron chi connectivity index (χ1n) is 27.5. The summed E-state index contributed by atoms with van der Waals surface area (Å²) in [5.74, 6) is -0.336. The summed E-state index contributed by atoms with van der Waals surface area (Å²) in [6.45, 7) is 1.46. The number of hydrogen-bond donors (Lipinski definition) is 12. The van der Waals surface area contributed by atoms with Gasteiger partial charge in [0.2, 0.25) is 5.91 Å². The van der Waals surface area contributed by atoms with Crippen molar-refractivity contribution < 1.29 is 89.4 Å². The summed E-state index contributed by atoms with van der Waals surface area (Å²) in [5, 5.41) is 120. The minimum atomic E-state index is -1.99. The lowest BCUT2D eigenvalue weighted by Gasteiger charge is -2.48.